The third-order valence-electron chi connectivity index (χ3n) is 3.48. The standard InChI is InChI=1S/C15H17N5O2/c1-2-5-12(14-17-19-20-18-14)16-15(21)11-8-10-6-3-4-7-13(10)22-9-11/h3-4,6-8,12H,2,5,9H2,1H3,(H,16,21)(H,17,18,19,20). The van der Waals surface area contributed by atoms with Crippen LogP contribution in [0.4, 0.5) is 0 Å². The molecule has 7 nitrogen and oxygen atoms in total. The molecule has 1 aliphatic heterocycles. The number of tetrazole rings is 1. The van der Waals surface area contributed by atoms with Crippen LogP contribution in [0.1, 0.15) is 37.2 Å². The monoisotopic (exact) mass is 299 g/mol. The summed E-state index contributed by atoms with van der Waals surface area (Å²) in [5.41, 5.74) is 1.49. The quantitative estimate of drug-likeness (QED) is 0.875. The van der Waals surface area contributed by atoms with Crippen molar-refractivity contribution >= 4 is 12.0 Å². The van der Waals surface area contributed by atoms with Gasteiger partial charge in [0.25, 0.3) is 5.91 Å². The van der Waals surface area contributed by atoms with Gasteiger partial charge in [-0.15, -0.1) is 10.2 Å². The molecule has 0 bridgehead atoms. The number of rotatable bonds is 5. The van der Waals surface area contributed by atoms with E-state index in [0.29, 0.717) is 11.4 Å². The molecule has 0 aliphatic carbocycles. The molecule has 2 heterocycles. The van der Waals surface area contributed by atoms with Crippen molar-refractivity contribution in [2.75, 3.05) is 6.61 Å². The molecule has 0 spiro atoms. The van der Waals surface area contributed by atoms with Gasteiger partial charge in [0, 0.05) is 5.56 Å². The first-order valence-electron chi connectivity index (χ1n) is 7.24. The summed E-state index contributed by atoms with van der Waals surface area (Å²) in [6.07, 6.45) is 3.50. The average Bonchev–Trinajstić information content (AvgIpc) is 3.08. The molecule has 114 valence electrons. The Balaban J connectivity index is 1.75. The van der Waals surface area contributed by atoms with Gasteiger partial charge in [0.15, 0.2) is 5.82 Å². The number of aromatic amines is 1. The molecule has 1 amide bonds. The van der Waals surface area contributed by atoms with E-state index in [1.807, 2.05) is 37.3 Å². The van der Waals surface area contributed by atoms with Gasteiger partial charge in [-0.25, -0.2) is 0 Å². The summed E-state index contributed by atoms with van der Waals surface area (Å²) < 4.78 is 5.61. The number of nitrogens with one attached hydrogen (secondary N) is 2. The smallest absolute Gasteiger partial charge is 0.251 e. The minimum atomic E-state index is -0.255. The SMILES string of the molecule is CCCC(NC(=O)C1=Cc2ccccc2OC1)c1nn[nH]n1. The number of ether oxygens (including phenoxy) is 1. The van der Waals surface area contributed by atoms with Gasteiger partial charge >= 0.3 is 0 Å². The Morgan fingerprint density at radius 2 is 2.32 bits per heavy atom. The zero-order chi connectivity index (χ0) is 15.4. The number of benzene rings is 1. The Morgan fingerprint density at radius 1 is 1.45 bits per heavy atom. The van der Waals surface area contributed by atoms with Crippen molar-refractivity contribution < 1.29 is 9.53 Å². The molecule has 7 heteroatoms. The van der Waals surface area contributed by atoms with Crippen LogP contribution < -0.4 is 10.1 Å². The predicted molar refractivity (Wildman–Crippen MR) is 79.9 cm³/mol. The number of hydrogen-bond acceptors (Lipinski definition) is 5. The first-order chi connectivity index (χ1) is 10.8. The van der Waals surface area contributed by atoms with E-state index in [2.05, 4.69) is 25.9 Å². The number of H-pyrrole nitrogens is 1. The number of fused-ring (bicyclic) bond motifs is 1. The summed E-state index contributed by atoms with van der Waals surface area (Å²) in [5.74, 6) is 1.12. The summed E-state index contributed by atoms with van der Waals surface area (Å²) in [7, 11) is 0. The second kappa shape index (κ2) is 6.38. The minimum Gasteiger partial charge on any atom is -0.488 e. The van der Waals surface area contributed by atoms with E-state index in [0.717, 1.165) is 24.2 Å². The van der Waals surface area contributed by atoms with Crippen molar-refractivity contribution in [1.82, 2.24) is 25.9 Å². The van der Waals surface area contributed by atoms with Crippen LogP contribution >= 0.6 is 0 Å². The molecule has 0 saturated carbocycles. The lowest BCUT2D eigenvalue weighted by molar-refractivity contribution is -0.118. The topological polar surface area (TPSA) is 92.8 Å². The van der Waals surface area contributed by atoms with Gasteiger partial charge < -0.3 is 10.1 Å². The van der Waals surface area contributed by atoms with E-state index >= 15 is 0 Å². The van der Waals surface area contributed by atoms with Crippen molar-refractivity contribution in [2.45, 2.75) is 25.8 Å². The Morgan fingerprint density at radius 3 is 3.09 bits per heavy atom. The van der Waals surface area contributed by atoms with Crippen molar-refractivity contribution in [3.8, 4) is 5.75 Å². The molecule has 1 aromatic carbocycles. The average molecular weight is 299 g/mol. The minimum absolute atomic E-state index is 0.169. The molecular formula is C15H17N5O2. The van der Waals surface area contributed by atoms with Gasteiger partial charge in [0.1, 0.15) is 12.4 Å². The van der Waals surface area contributed by atoms with Gasteiger partial charge in [-0.3, -0.25) is 4.79 Å². The molecule has 3 rings (SSSR count). The van der Waals surface area contributed by atoms with Gasteiger partial charge in [0.05, 0.1) is 11.6 Å². The van der Waals surface area contributed by atoms with E-state index in [9.17, 15) is 4.79 Å². The van der Waals surface area contributed by atoms with Crippen molar-refractivity contribution in [1.29, 1.82) is 0 Å². The van der Waals surface area contributed by atoms with E-state index in [4.69, 9.17) is 4.74 Å². The van der Waals surface area contributed by atoms with Crippen LogP contribution in [0.3, 0.4) is 0 Å². The Bertz CT molecular complexity index is 681. The Kier molecular flexibility index (Phi) is 4.13. The highest BCUT2D eigenvalue weighted by Gasteiger charge is 2.22. The van der Waals surface area contributed by atoms with Crippen LogP contribution in [-0.2, 0) is 4.79 Å². The molecule has 2 aromatic rings. The summed E-state index contributed by atoms with van der Waals surface area (Å²) in [4.78, 5) is 12.4. The number of hydrogen-bond donors (Lipinski definition) is 2. The van der Waals surface area contributed by atoms with Crippen molar-refractivity contribution in [3.05, 3.63) is 41.2 Å². The lowest BCUT2D eigenvalue weighted by atomic mass is 10.1. The van der Waals surface area contributed by atoms with Crippen LogP contribution in [0.25, 0.3) is 6.08 Å². The number of nitrogens with zero attached hydrogens (tertiary/aromatic N) is 3. The molecule has 22 heavy (non-hydrogen) atoms. The first-order valence-corrected chi connectivity index (χ1v) is 7.24. The summed E-state index contributed by atoms with van der Waals surface area (Å²) in [5, 5.41) is 16.8. The fourth-order valence-electron chi connectivity index (χ4n) is 2.37. The second-order valence-corrected chi connectivity index (χ2v) is 5.08. The normalized spacial score (nSPS) is 14.5. The molecule has 1 atom stereocenters. The molecule has 1 aliphatic rings. The molecule has 1 aromatic heterocycles. The second-order valence-electron chi connectivity index (χ2n) is 5.08. The number of para-hydroxylation sites is 1. The van der Waals surface area contributed by atoms with E-state index in [1.165, 1.54) is 0 Å². The zero-order valence-corrected chi connectivity index (χ0v) is 12.2. The van der Waals surface area contributed by atoms with Crippen LogP contribution in [0, 0.1) is 0 Å². The summed E-state index contributed by atoms with van der Waals surface area (Å²) >= 11 is 0. The third kappa shape index (κ3) is 2.98. The lowest BCUT2D eigenvalue weighted by Crippen LogP contribution is -2.32. The number of carbonyl (C=O) groups is 1. The van der Waals surface area contributed by atoms with Crippen LogP contribution in [0.15, 0.2) is 29.8 Å². The van der Waals surface area contributed by atoms with Gasteiger partial charge in [-0.05, 0) is 18.6 Å². The van der Waals surface area contributed by atoms with Crippen molar-refractivity contribution in [3.63, 3.8) is 0 Å². The molecule has 1 unspecified atom stereocenters. The number of amides is 1. The van der Waals surface area contributed by atoms with Crippen LogP contribution in [0.5, 0.6) is 5.75 Å². The maximum Gasteiger partial charge on any atom is 0.251 e. The first kappa shape index (κ1) is 14.2. The van der Waals surface area contributed by atoms with Gasteiger partial charge in [-0.2, -0.15) is 5.21 Å². The van der Waals surface area contributed by atoms with E-state index < -0.39 is 0 Å². The molecule has 2 N–H and O–H groups in total. The lowest BCUT2D eigenvalue weighted by Gasteiger charge is -2.20. The highest BCUT2D eigenvalue weighted by atomic mass is 16.5. The highest BCUT2D eigenvalue weighted by Crippen LogP contribution is 2.26. The highest BCUT2D eigenvalue weighted by molar-refractivity contribution is 5.99. The van der Waals surface area contributed by atoms with E-state index in [-0.39, 0.29) is 18.6 Å². The fraction of sp³-hybridized carbons (Fsp3) is 0.333. The Labute approximate surface area is 127 Å². The maximum absolute atomic E-state index is 12.4. The van der Waals surface area contributed by atoms with Crippen LogP contribution in [-0.4, -0.2) is 33.1 Å². The fourth-order valence-corrected chi connectivity index (χ4v) is 2.37. The largest absolute Gasteiger partial charge is 0.488 e. The molecule has 0 saturated heterocycles. The summed E-state index contributed by atoms with van der Waals surface area (Å²) in [6.45, 7) is 2.30. The summed E-state index contributed by atoms with van der Waals surface area (Å²) in [6, 6.07) is 7.38. The zero-order valence-electron chi connectivity index (χ0n) is 12.2. The third-order valence-corrected chi connectivity index (χ3v) is 3.48. The molecular weight excluding hydrogens is 282 g/mol. The van der Waals surface area contributed by atoms with Crippen molar-refractivity contribution in [2.24, 2.45) is 0 Å². The number of carbonyl (C=O) groups excluding carboxylic acids is 1. The predicted octanol–water partition coefficient (Wildman–Crippen LogP) is 1.63. The Hall–Kier alpha value is -2.70. The molecule has 0 fully saturated rings. The number of aromatic nitrogens is 4. The molecule has 0 radical (unpaired) electrons. The van der Waals surface area contributed by atoms with E-state index in [1.54, 1.807) is 0 Å². The van der Waals surface area contributed by atoms with Gasteiger partial charge in [0.2, 0.25) is 0 Å². The van der Waals surface area contributed by atoms with Gasteiger partial charge in [-0.1, -0.05) is 36.8 Å². The van der Waals surface area contributed by atoms with Crippen LogP contribution in [0.2, 0.25) is 0 Å². The maximum atomic E-state index is 12.4.